The number of anilines is 1. The molecule has 0 fully saturated rings. The summed E-state index contributed by atoms with van der Waals surface area (Å²) >= 11 is 0.827. The van der Waals surface area contributed by atoms with Crippen LogP contribution in [-0.4, -0.2) is 70.8 Å². The summed E-state index contributed by atoms with van der Waals surface area (Å²) in [6.45, 7) is 3.37. The number of aliphatic hydroxyl groups is 2. The van der Waals surface area contributed by atoms with Crippen molar-refractivity contribution in [3.63, 3.8) is 0 Å². The Morgan fingerprint density at radius 3 is 2.59 bits per heavy atom. The summed E-state index contributed by atoms with van der Waals surface area (Å²) < 4.78 is 23.5. The topological polar surface area (TPSA) is 150 Å². The normalized spacial score (nSPS) is 10.9. The number of amides is 3. The van der Waals surface area contributed by atoms with Crippen molar-refractivity contribution in [2.75, 3.05) is 44.7 Å². The number of primary amides is 1. The van der Waals surface area contributed by atoms with Gasteiger partial charge in [0.05, 0.1) is 13.2 Å². The molecule has 3 amide bonds. The Hall–Kier alpha value is -2.80. The number of aliphatic hydroxyl groups excluding tert-OH is 2. The molecule has 1 aromatic carbocycles. The summed E-state index contributed by atoms with van der Waals surface area (Å²) in [6.07, 6.45) is 0.593. The molecule has 0 unspecified atom stereocenters. The van der Waals surface area contributed by atoms with Crippen LogP contribution in [0.3, 0.4) is 0 Å². The van der Waals surface area contributed by atoms with Crippen molar-refractivity contribution in [1.82, 2.24) is 14.6 Å². The maximum absolute atomic E-state index is 14.0. The number of nitrogens with two attached hydrogens (primary N) is 1. The monoisotopic (exact) mass is 469 g/mol. The number of rotatable bonds is 13. The van der Waals surface area contributed by atoms with Crippen LogP contribution in [0.15, 0.2) is 18.2 Å². The van der Waals surface area contributed by atoms with E-state index in [-0.39, 0.29) is 36.3 Å². The number of aryl methyl sites for hydroxylation is 1. The number of ether oxygens (including phenoxy) is 1. The first-order valence-electron chi connectivity index (χ1n) is 10.0. The summed E-state index contributed by atoms with van der Waals surface area (Å²) in [5.74, 6) is -1.35. The molecule has 0 spiro atoms. The zero-order valence-corrected chi connectivity index (χ0v) is 18.6. The minimum atomic E-state index is -0.836. The van der Waals surface area contributed by atoms with Gasteiger partial charge >= 0.3 is 6.03 Å². The van der Waals surface area contributed by atoms with Crippen molar-refractivity contribution in [3.05, 3.63) is 40.7 Å². The van der Waals surface area contributed by atoms with Gasteiger partial charge in [0.2, 0.25) is 5.88 Å². The molecule has 0 aliphatic carbocycles. The fourth-order valence-corrected chi connectivity index (χ4v) is 3.60. The summed E-state index contributed by atoms with van der Waals surface area (Å²) in [6, 6.07) is 4.14. The highest BCUT2D eigenvalue weighted by atomic mass is 32.1. The van der Waals surface area contributed by atoms with Crippen LogP contribution >= 0.6 is 11.5 Å². The highest BCUT2D eigenvalue weighted by molar-refractivity contribution is 7.11. The van der Waals surface area contributed by atoms with E-state index >= 15 is 0 Å². The molecule has 0 saturated heterocycles. The molecule has 0 radical (unpaired) electrons. The van der Waals surface area contributed by atoms with Crippen LogP contribution in [0.2, 0.25) is 0 Å². The van der Waals surface area contributed by atoms with E-state index in [9.17, 15) is 14.0 Å². The highest BCUT2D eigenvalue weighted by Crippen LogP contribution is 2.30. The number of urea groups is 1. The lowest BCUT2D eigenvalue weighted by Crippen LogP contribution is -2.35. The third-order valence-corrected chi connectivity index (χ3v) is 5.22. The zero-order chi connectivity index (χ0) is 23.5. The highest BCUT2D eigenvalue weighted by Gasteiger charge is 2.22. The number of aromatic nitrogens is 1. The Labute approximate surface area is 189 Å². The maximum atomic E-state index is 14.0. The first-order valence-corrected chi connectivity index (χ1v) is 10.8. The molecule has 12 heteroatoms. The molecule has 10 nitrogen and oxygen atoms in total. The van der Waals surface area contributed by atoms with E-state index in [1.807, 2.05) is 4.90 Å². The maximum Gasteiger partial charge on any atom is 0.319 e. The molecule has 32 heavy (non-hydrogen) atoms. The van der Waals surface area contributed by atoms with E-state index in [0.29, 0.717) is 38.2 Å². The average Bonchev–Trinajstić information content (AvgIpc) is 3.13. The van der Waals surface area contributed by atoms with E-state index in [1.165, 1.54) is 6.07 Å². The lowest BCUT2D eigenvalue weighted by molar-refractivity contribution is 0.0996. The molecule has 1 aromatic heterocycles. The van der Waals surface area contributed by atoms with Gasteiger partial charge in [-0.2, -0.15) is 4.37 Å². The van der Waals surface area contributed by atoms with Gasteiger partial charge in [0, 0.05) is 25.2 Å². The predicted octanol–water partition coefficient (Wildman–Crippen LogP) is 1.07. The van der Waals surface area contributed by atoms with Gasteiger partial charge < -0.3 is 26.0 Å². The van der Waals surface area contributed by atoms with Crippen molar-refractivity contribution in [3.8, 4) is 5.88 Å². The number of hydrogen-bond acceptors (Lipinski definition) is 8. The van der Waals surface area contributed by atoms with Crippen LogP contribution in [0.25, 0.3) is 0 Å². The van der Waals surface area contributed by atoms with Crippen LogP contribution in [0, 0.1) is 12.7 Å². The molecule has 2 rings (SSSR count). The first-order chi connectivity index (χ1) is 15.3. The van der Waals surface area contributed by atoms with Gasteiger partial charge in [0.25, 0.3) is 5.91 Å². The second kappa shape index (κ2) is 12.9. The van der Waals surface area contributed by atoms with Gasteiger partial charge in [-0.25, -0.2) is 9.18 Å². The van der Waals surface area contributed by atoms with Gasteiger partial charge in [-0.1, -0.05) is 12.1 Å². The number of carbonyl (C=O) groups excluding carboxylic acids is 2. The molecule has 0 bridgehead atoms. The standard InChI is InChI=1S/C20H28FN5O5S/c1-13-3-4-14(15(21)11-13)12-31-18-16(17(22)29)19(32-25-18)24-20(30)23-5-2-6-26(7-9-27)8-10-28/h3-4,11,27-28H,2,5-10,12H2,1H3,(H2,22,29)(H2,23,24,30). The van der Waals surface area contributed by atoms with Gasteiger partial charge in [0.1, 0.15) is 23.0 Å². The number of halogens is 1. The lowest BCUT2D eigenvalue weighted by atomic mass is 10.1. The Morgan fingerprint density at radius 2 is 1.97 bits per heavy atom. The lowest BCUT2D eigenvalue weighted by Gasteiger charge is -2.19. The summed E-state index contributed by atoms with van der Waals surface area (Å²) in [7, 11) is 0. The van der Waals surface area contributed by atoms with Gasteiger partial charge in [-0.3, -0.25) is 15.0 Å². The van der Waals surface area contributed by atoms with E-state index in [4.69, 9.17) is 20.7 Å². The van der Waals surface area contributed by atoms with Crippen LogP contribution in [0.4, 0.5) is 14.2 Å². The van der Waals surface area contributed by atoms with Gasteiger partial charge in [-0.05, 0) is 43.1 Å². The molecule has 0 aliphatic rings. The molecular weight excluding hydrogens is 441 g/mol. The number of nitrogens with zero attached hydrogens (tertiary/aromatic N) is 2. The molecule has 6 N–H and O–H groups in total. The van der Waals surface area contributed by atoms with E-state index in [1.54, 1.807) is 19.1 Å². The third kappa shape index (κ3) is 7.71. The minimum Gasteiger partial charge on any atom is -0.471 e. The van der Waals surface area contributed by atoms with E-state index in [2.05, 4.69) is 15.0 Å². The Bertz CT molecular complexity index is 905. The number of carbonyl (C=O) groups is 2. The smallest absolute Gasteiger partial charge is 0.319 e. The van der Waals surface area contributed by atoms with Crippen molar-refractivity contribution in [2.45, 2.75) is 20.0 Å². The fourth-order valence-electron chi connectivity index (χ4n) is 2.86. The van der Waals surface area contributed by atoms with Gasteiger partial charge in [-0.15, -0.1) is 0 Å². The molecule has 0 aliphatic heterocycles. The number of nitrogens with one attached hydrogen (secondary N) is 2. The molecule has 176 valence electrons. The van der Waals surface area contributed by atoms with Crippen molar-refractivity contribution in [2.24, 2.45) is 5.73 Å². The second-order valence-electron chi connectivity index (χ2n) is 6.96. The molecule has 0 atom stereocenters. The molecule has 1 heterocycles. The Morgan fingerprint density at radius 1 is 1.25 bits per heavy atom. The van der Waals surface area contributed by atoms with E-state index < -0.39 is 17.8 Å². The molecule has 0 saturated carbocycles. The predicted molar refractivity (Wildman–Crippen MR) is 118 cm³/mol. The summed E-state index contributed by atoms with van der Waals surface area (Å²) in [4.78, 5) is 25.9. The number of benzene rings is 1. The van der Waals surface area contributed by atoms with Crippen molar-refractivity contribution < 1.29 is 28.9 Å². The second-order valence-corrected chi connectivity index (χ2v) is 7.74. The van der Waals surface area contributed by atoms with Crippen LogP contribution in [-0.2, 0) is 6.61 Å². The average molecular weight is 470 g/mol. The van der Waals surface area contributed by atoms with E-state index in [0.717, 1.165) is 17.1 Å². The molecular formula is C20H28FN5O5S. The molecule has 2 aromatic rings. The van der Waals surface area contributed by atoms with Crippen molar-refractivity contribution in [1.29, 1.82) is 0 Å². The third-order valence-electron chi connectivity index (χ3n) is 4.48. The quantitative estimate of drug-likeness (QED) is 0.275. The summed E-state index contributed by atoms with van der Waals surface area (Å²) in [5.41, 5.74) is 6.40. The Kier molecular flexibility index (Phi) is 10.3. The SMILES string of the molecule is Cc1ccc(COc2nsc(NC(=O)NCCCN(CCO)CCO)c2C(N)=O)c(F)c1. The fraction of sp³-hybridized carbons (Fsp3) is 0.450. The van der Waals surface area contributed by atoms with Crippen molar-refractivity contribution >= 4 is 28.5 Å². The van der Waals surface area contributed by atoms with Crippen LogP contribution in [0.5, 0.6) is 5.88 Å². The first kappa shape index (κ1) is 25.5. The van der Waals surface area contributed by atoms with Crippen LogP contribution < -0.4 is 21.1 Å². The minimum absolute atomic E-state index is 0.0177. The summed E-state index contributed by atoms with van der Waals surface area (Å²) in [5, 5.41) is 23.3. The largest absolute Gasteiger partial charge is 0.471 e. The number of hydrogen-bond donors (Lipinski definition) is 5. The zero-order valence-electron chi connectivity index (χ0n) is 17.8. The van der Waals surface area contributed by atoms with Crippen LogP contribution in [0.1, 0.15) is 27.9 Å². The Balaban J connectivity index is 1.90. The van der Waals surface area contributed by atoms with Gasteiger partial charge in [0.15, 0.2) is 0 Å².